The zero-order chi connectivity index (χ0) is 17.4. The van der Waals surface area contributed by atoms with Crippen molar-refractivity contribution >= 4 is 0 Å². The number of hydrogen-bond donors (Lipinski definition) is 6. The van der Waals surface area contributed by atoms with Crippen LogP contribution >= 0.6 is 0 Å². The van der Waals surface area contributed by atoms with Crippen molar-refractivity contribution < 1.29 is 44.8 Å². The zero-order valence-electron chi connectivity index (χ0n) is 13.2. The van der Waals surface area contributed by atoms with Gasteiger partial charge in [-0.25, -0.2) is 0 Å². The first-order valence-corrected chi connectivity index (χ1v) is 7.77. The van der Waals surface area contributed by atoms with Crippen LogP contribution in [-0.4, -0.2) is 100.0 Å². The maximum atomic E-state index is 9.36. The van der Waals surface area contributed by atoms with Gasteiger partial charge in [0.05, 0.1) is 25.4 Å². The van der Waals surface area contributed by atoms with Gasteiger partial charge >= 0.3 is 0 Å². The SMILES string of the molecule is CCO[C@@H]1CC(O)[C@H](O)C(CO)O1.OCC1OCC[C@@H](O)C1O. The van der Waals surface area contributed by atoms with Gasteiger partial charge in [0.2, 0.25) is 0 Å². The standard InChI is InChI=1S/C8H16O5.C6H12O4/c1-2-12-7-3-5(10)8(11)6(4-9)13-7;7-3-5-6(9)4(8)1-2-10-5/h5-11H,2-4H2,1H3;4-9H,1-3H2/t5?,6?,7-,8-;4-,5?,6?/m01/s1. The molecule has 7 atom stereocenters. The second kappa shape index (κ2) is 10.5. The first-order valence-electron chi connectivity index (χ1n) is 7.77. The molecule has 23 heavy (non-hydrogen) atoms. The molecule has 0 aromatic carbocycles. The third kappa shape index (κ3) is 6.22. The van der Waals surface area contributed by atoms with E-state index in [1.54, 1.807) is 0 Å². The molecule has 0 amide bonds. The highest BCUT2D eigenvalue weighted by atomic mass is 16.7. The second-order valence-corrected chi connectivity index (χ2v) is 5.47. The lowest BCUT2D eigenvalue weighted by Crippen LogP contribution is -2.50. The van der Waals surface area contributed by atoms with Crippen molar-refractivity contribution in [1.82, 2.24) is 0 Å². The molecule has 2 aliphatic heterocycles. The summed E-state index contributed by atoms with van der Waals surface area (Å²) in [4.78, 5) is 0. The molecule has 0 aromatic heterocycles. The van der Waals surface area contributed by atoms with Crippen LogP contribution in [0, 0.1) is 0 Å². The normalized spacial score (nSPS) is 41.1. The second-order valence-electron chi connectivity index (χ2n) is 5.47. The average molecular weight is 340 g/mol. The van der Waals surface area contributed by atoms with Crippen LogP contribution in [0.3, 0.4) is 0 Å². The topological polar surface area (TPSA) is 149 Å². The fraction of sp³-hybridized carbons (Fsp3) is 1.00. The molecule has 0 saturated carbocycles. The van der Waals surface area contributed by atoms with Gasteiger partial charge in [-0.05, 0) is 13.3 Å². The van der Waals surface area contributed by atoms with Gasteiger partial charge < -0.3 is 44.8 Å². The molecule has 0 aromatic rings. The highest BCUT2D eigenvalue weighted by molar-refractivity contribution is 4.82. The number of aliphatic hydroxyl groups excluding tert-OH is 6. The molecule has 6 N–H and O–H groups in total. The number of ether oxygens (including phenoxy) is 3. The Morgan fingerprint density at radius 3 is 2.09 bits per heavy atom. The summed E-state index contributed by atoms with van der Waals surface area (Å²) < 4.78 is 15.3. The van der Waals surface area contributed by atoms with Crippen LogP contribution in [0.2, 0.25) is 0 Å². The highest BCUT2D eigenvalue weighted by Gasteiger charge is 2.36. The van der Waals surface area contributed by atoms with Crippen molar-refractivity contribution in [3.05, 3.63) is 0 Å². The van der Waals surface area contributed by atoms with Gasteiger partial charge in [0.15, 0.2) is 6.29 Å². The van der Waals surface area contributed by atoms with Crippen molar-refractivity contribution in [2.45, 2.75) is 62.7 Å². The Hall–Kier alpha value is -0.360. The van der Waals surface area contributed by atoms with Crippen LogP contribution in [0.1, 0.15) is 19.8 Å². The predicted octanol–water partition coefficient (Wildman–Crippen LogP) is -2.66. The van der Waals surface area contributed by atoms with Crippen molar-refractivity contribution in [2.75, 3.05) is 26.4 Å². The van der Waals surface area contributed by atoms with Crippen molar-refractivity contribution in [3.63, 3.8) is 0 Å². The fourth-order valence-electron chi connectivity index (χ4n) is 2.38. The lowest BCUT2D eigenvalue weighted by molar-refractivity contribution is -0.255. The summed E-state index contributed by atoms with van der Waals surface area (Å²) in [5.74, 6) is 0. The summed E-state index contributed by atoms with van der Waals surface area (Å²) in [5.41, 5.74) is 0. The van der Waals surface area contributed by atoms with Gasteiger partial charge in [-0.1, -0.05) is 0 Å². The van der Waals surface area contributed by atoms with E-state index < -0.39 is 42.9 Å². The van der Waals surface area contributed by atoms with Gasteiger partial charge in [0.1, 0.15) is 24.4 Å². The van der Waals surface area contributed by atoms with E-state index in [0.717, 1.165) is 0 Å². The Bertz CT molecular complexity index is 317. The van der Waals surface area contributed by atoms with Gasteiger partial charge in [-0.15, -0.1) is 0 Å². The zero-order valence-corrected chi connectivity index (χ0v) is 13.2. The average Bonchev–Trinajstić information content (AvgIpc) is 2.54. The Balaban J connectivity index is 0.000000238. The van der Waals surface area contributed by atoms with E-state index in [1.165, 1.54) is 0 Å². The van der Waals surface area contributed by atoms with E-state index >= 15 is 0 Å². The maximum absolute atomic E-state index is 9.36. The summed E-state index contributed by atoms with van der Waals surface area (Å²) in [6.07, 6.45) is -4.79. The maximum Gasteiger partial charge on any atom is 0.160 e. The minimum absolute atomic E-state index is 0.238. The third-order valence-corrected chi connectivity index (χ3v) is 3.77. The van der Waals surface area contributed by atoms with E-state index in [0.29, 0.717) is 19.6 Å². The lowest BCUT2D eigenvalue weighted by Gasteiger charge is -2.35. The van der Waals surface area contributed by atoms with Gasteiger partial charge in [0, 0.05) is 19.6 Å². The van der Waals surface area contributed by atoms with Crippen molar-refractivity contribution in [3.8, 4) is 0 Å². The molecule has 4 unspecified atom stereocenters. The number of rotatable bonds is 4. The van der Waals surface area contributed by atoms with Crippen LogP contribution in [0.4, 0.5) is 0 Å². The Morgan fingerprint density at radius 2 is 1.57 bits per heavy atom. The Morgan fingerprint density at radius 1 is 0.957 bits per heavy atom. The quantitative estimate of drug-likeness (QED) is 0.322. The molecule has 9 heteroatoms. The lowest BCUT2D eigenvalue weighted by atomic mass is 10.0. The summed E-state index contributed by atoms with van der Waals surface area (Å²) >= 11 is 0. The summed E-state index contributed by atoms with van der Waals surface area (Å²) in [6.45, 7) is 2.14. The molecule has 138 valence electrons. The first kappa shape index (κ1) is 20.7. The number of aliphatic hydroxyl groups is 6. The van der Waals surface area contributed by atoms with Crippen LogP contribution in [0.5, 0.6) is 0 Å². The molecule has 0 aliphatic carbocycles. The minimum atomic E-state index is -1.03. The van der Waals surface area contributed by atoms with Crippen molar-refractivity contribution in [1.29, 1.82) is 0 Å². The monoisotopic (exact) mass is 340 g/mol. The molecule has 2 fully saturated rings. The van der Waals surface area contributed by atoms with E-state index in [2.05, 4.69) is 0 Å². The molecule has 9 nitrogen and oxygen atoms in total. The predicted molar refractivity (Wildman–Crippen MR) is 77.5 cm³/mol. The van der Waals surface area contributed by atoms with E-state index in [9.17, 15) is 10.2 Å². The molecular weight excluding hydrogens is 312 g/mol. The van der Waals surface area contributed by atoms with Crippen LogP contribution < -0.4 is 0 Å². The fourth-order valence-corrected chi connectivity index (χ4v) is 2.38. The molecule has 2 aliphatic rings. The Kier molecular flexibility index (Phi) is 9.44. The Labute approximate surface area is 135 Å². The molecule has 0 bridgehead atoms. The van der Waals surface area contributed by atoms with E-state index in [4.69, 9.17) is 34.6 Å². The van der Waals surface area contributed by atoms with Gasteiger partial charge in [0.25, 0.3) is 0 Å². The minimum Gasteiger partial charge on any atom is -0.394 e. The molecular formula is C14H28O9. The van der Waals surface area contributed by atoms with Crippen LogP contribution in [-0.2, 0) is 14.2 Å². The van der Waals surface area contributed by atoms with Gasteiger partial charge in [-0.3, -0.25) is 0 Å². The smallest absolute Gasteiger partial charge is 0.160 e. The summed E-state index contributed by atoms with van der Waals surface area (Å²) in [6, 6.07) is 0. The molecule has 2 rings (SSSR count). The largest absolute Gasteiger partial charge is 0.394 e. The number of hydrogen-bond acceptors (Lipinski definition) is 9. The molecule has 2 heterocycles. The summed E-state index contributed by atoms with van der Waals surface area (Å²) in [7, 11) is 0. The van der Waals surface area contributed by atoms with Gasteiger partial charge in [-0.2, -0.15) is 0 Å². The first-order chi connectivity index (χ1) is 10.9. The molecule has 2 saturated heterocycles. The van der Waals surface area contributed by atoms with Crippen LogP contribution in [0.15, 0.2) is 0 Å². The molecule has 0 radical (unpaired) electrons. The van der Waals surface area contributed by atoms with E-state index in [1.807, 2.05) is 6.92 Å². The molecule has 0 spiro atoms. The summed E-state index contributed by atoms with van der Waals surface area (Å²) in [5, 5.41) is 54.2. The van der Waals surface area contributed by atoms with Crippen molar-refractivity contribution in [2.24, 2.45) is 0 Å². The third-order valence-electron chi connectivity index (χ3n) is 3.77. The van der Waals surface area contributed by atoms with Crippen LogP contribution in [0.25, 0.3) is 0 Å². The van der Waals surface area contributed by atoms with E-state index in [-0.39, 0.29) is 19.6 Å². The highest BCUT2D eigenvalue weighted by Crippen LogP contribution is 2.20.